The van der Waals surface area contributed by atoms with Crippen molar-refractivity contribution in [2.75, 3.05) is 11.9 Å². The molecule has 0 aromatic heterocycles. The number of unbranched alkanes of at least 4 members (excludes halogenated alkanes) is 3. The van der Waals surface area contributed by atoms with Crippen LogP contribution in [0.5, 0.6) is 0 Å². The lowest BCUT2D eigenvalue weighted by Gasteiger charge is -2.14. The molecule has 0 bridgehead atoms. The van der Waals surface area contributed by atoms with Gasteiger partial charge in [0.2, 0.25) is 5.91 Å². The van der Waals surface area contributed by atoms with Crippen molar-refractivity contribution >= 4 is 11.6 Å². The second-order valence-corrected chi connectivity index (χ2v) is 4.98. The van der Waals surface area contributed by atoms with E-state index in [0.717, 1.165) is 25.3 Å². The van der Waals surface area contributed by atoms with Crippen LogP contribution in [-0.2, 0) is 11.0 Å². The highest BCUT2D eigenvalue weighted by Gasteiger charge is 2.32. The van der Waals surface area contributed by atoms with E-state index in [1.807, 2.05) is 0 Å². The van der Waals surface area contributed by atoms with Crippen LogP contribution in [0, 0.1) is 6.92 Å². The summed E-state index contributed by atoms with van der Waals surface area (Å²) >= 11 is 0. The maximum atomic E-state index is 12.8. The van der Waals surface area contributed by atoms with Crippen LogP contribution >= 0.6 is 0 Å². The van der Waals surface area contributed by atoms with Crippen LogP contribution < -0.4 is 11.1 Å². The summed E-state index contributed by atoms with van der Waals surface area (Å²) in [6.07, 6.45) is -0.607. The summed E-state index contributed by atoms with van der Waals surface area (Å²) < 4.78 is 38.3. The molecule has 0 aliphatic rings. The van der Waals surface area contributed by atoms with Crippen molar-refractivity contribution in [3.05, 3.63) is 29.3 Å². The van der Waals surface area contributed by atoms with Gasteiger partial charge in [0, 0.05) is 12.1 Å². The fourth-order valence-corrected chi connectivity index (χ4v) is 2.07. The highest BCUT2D eigenvalue weighted by Crippen LogP contribution is 2.34. The Labute approximate surface area is 122 Å². The van der Waals surface area contributed by atoms with Gasteiger partial charge in [-0.25, -0.2) is 0 Å². The molecule has 1 aromatic rings. The molecule has 118 valence electrons. The summed E-state index contributed by atoms with van der Waals surface area (Å²) in [6.45, 7) is 2.00. The summed E-state index contributed by atoms with van der Waals surface area (Å²) in [7, 11) is 0. The molecule has 0 aliphatic heterocycles. The number of nitrogens with two attached hydrogens (primary N) is 1. The summed E-state index contributed by atoms with van der Waals surface area (Å²) in [6, 6.07) is 3.79. The quantitative estimate of drug-likeness (QED) is 0.751. The van der Waals surface area contributed by atoms with Gasteiger partial charge in [0.15, 0.2) is 0 Å². The van der Waals surface area contributed by atoms with E-state index < -0.39 is 11.7 Å². The first kappa shape index (κ1) is 17.5. The Morgan fingerprint density at radius 1 is 1.19 bits per heavy atom. The van der Waals surface area contributed by atoms with Crippen LogP contribution in [0.4, 0.5) is 18.9 Å². The lowest BCUT2D eigenvalue weighted by molar-refractivity contribution is -0.138. The van der Waals surface area contributed by atoms with Gasteiger partial charge < -0.3 is 11.1 Å². The van der Waals surface area contributed by atoms with Gasteiger partial charge in [-0.15, -0.1) is 0 Å². The molecule has 6 heteroatoms. The van der Waals surface area contributed by atoms with Gasteiger partial charge in [-0.1, -0.05) is 18.9 Å². The fraction of sp³-hybridized carbons (Fsp3) is 0.533. The molecular weight excluding hydrogens is 281 g/mol. The molecule has 0 fully saturated rings. The van der Waals surface area contributed by atoms with Gasteiger partial charge >= 0.3 is 6.18 Å². The monoisotopic (exact) mass is 302 g/mol. The van der Waals surface area contributed by atoms with Gasteiger partial charge in [0.1, 0.15) is 0 Å². The van der Waals surface area contributed by atoms with Gasteiger partial charge in [0.25, 0.3) is 0 Å². The van der Waals surface area contributed by atoms with Crippen LogP contribution in [0.3, 0.4) is 0 Å². The van der Waals surface area contributed by atoms with Crippen molar-refractivity contribution in [3.8, 4) is 0 Å². The number of anilines is 1. The standard InChI is InChI=1S/C15H21F3N2O/c1-11-12(15(16,17)18)7-6-8-13(11)20-14(21)9-4-2-3-5-10-19/h6-8H,2-5,9-10,19H2,1H3,(H,20,21). The largest absolute Gasteiger partial charge is 0.416 e. The molecule has 1 aromatic carbocycles. The van der Waals surface area contributed by atoms with E-state index in [0.29, 0.717) is 19.4 Å². The van der Waals surface area contributed by atoms with Crippen molar-refractivity contribution in [2.45, 2.75) is 45.2 Å². The van der Waals surface area contributed by atoms with Crippen molar-refractivity contribution in [1.82, 2.24) is 0 Å². The summed E-state index contributed by atoms with van der Waals surface area (Å²) in [4.78, 5) is 11.7. The zero-order valence-electron chi connectivity index (χ0n) is 12.1. The third-order valence-electron chi connectivity index (χ3n) is 3.27. The van der Waals surface area contributed by atoms with E-state index in [2.05, 4.69) is 5.32 Å². The van der Waals surface area contributed by atoms with Crippen molar-refractivity contribution in [2.24, 2.45) is 5.73 Å². The lowest BCUT2D eigenvalue weighted by Crippen LogP contribution is -2.15. The lowest BCUT2D eigenvalue weighted by atomic mass is 10.1. The minimum Gasteiger partial charge on any atom is -0.330 e. The first-order valence-electron chi connectivity index (χ1n) is 7.03. The number of amides is 1. The first-order chi connectivity index (χ1) is 9.86. The normalized spacial score (nSPS) is 11.5. The minimum atomic E-state index is -4.41. The Kier molecular flexibility index (Phi) is 6.68. The average molecular weight is 302 g/mol. The molecule has 3 N–H and O–H groups in total. The number of nitrogens with one attached hydrogen (secondary N) is 1. The number of benzene rings is 1. The van der Waals surface area contributed by atoms with Crippen LogP contribution in [0.25, 0.3) is 0 Å². The number of halogens is 3. The number of alkyl halides is 3. The van der Waals surface area contributed by atoms with Gasteiger partial charge in [-0.2, -0.15) is 13.2 Å². The smallest absolute Gasteiger partial charge is 0.330 e. The summed E-state index contributed by atoms with van der Waals surface area (Å²) in [5.74, 6) is -0.259. The molecule has 0 atom stereocenters. The molecule has 3 nitrogen and oxygen atoms in total. The highest BCUT2D eigenvalue weighted by atomic mass is 19.4. The number of hydrogen-bond acceptors (Lipinski definition) is 2. The number of carbonyl (C=O) groups excluding carboxylic acids is 1. The number of hydrogen-bond donors (Lipinski definition) is 2. The van der Waals surface area contributed by atoms with Crippen LogP contribution in [0.2, 0.25) is 0 Å². The predicted octanol–water partition coefficient (Wildman–Crippen LogP) is 3.86. The molecule has 0 saturated heterocycles. The third-order valence-corrected chi connectivity index (χ3v) is 3.27. The van der Waals surface area contributed by atoms with Crippen molar-refractivity contribution < 1.29 is 18.0 Å². The maximum Gasteiger partial charge on any atom is 0.416 e. The second kappa shape index (κ2) is 8.02. The van der Waals surface area contributed by atoms with E-state index in [4.69, 9.17) is 5.73 Å². The van der Waals surface area contributed by atoms with Crippen molar-refractivity contribution in [3.63, 3.8) is 0 Å². The molecule has 1 amide bonds. The van der Waals surface area contributed by atoms with Gasteiger partial charge in [0.05, 0.1) is 5.56 Å². The third kappa shape index (κ3) is 5.75. The van der Waals surface area contributed by atoms with Crippen LogP contribution in [-0.4, -0.2) is 12.5 Å². The highest BCUT2D eigenvalue weighted by molar-refractivity contribution is 5.91. The van der Waals surface area contributed by atoms with Crippen molar-refractivity contribution in [1.29, 1.82) is 0 Å². The van der Waals surface area contributed by atoms with Gasteiger partial charge in [-0.3, -0.25) is 4.79 Å². The van der Waals surface area contributed by atoms with E-state index in [1.165, 1.54) is 19.1 Å². The number of carbonyl (C=O) groups is 1. The second-order valence-electron chi connectivity index (χ2n) is 4.98. The first-order valence-corrected chi connectivity index (χ1v) is 7.03. The van der Waals surface area contributed by atoms with Crippen LogP contribution in [0.15, 0.2) is 18.2 Å². The molecule has 0 aliphatic carbocycles. The van der Waals surface area contributed by atoms with E-state index >= 15 is 0 Å². The Morgan fingerprint density at radius 3 is 2.48 bits per heavy atom. The average Bonchev–Trinajstić information content (AvgIpc) is 2.39. The molecular formula is C15H21F3N2O. The molecule has 0 unspecified atom stereocenters. The molecule has 0 saturated carbocycles. The predicted molar refractivity (Wildman–Crippen MR) is 77.0 cm³/mol. The Morgan fingerprint density at radius 2 is 1.86 bits per heavy atom. The molecule has 21 heavy (non-hydrogen) atoms. The van der Waals surface area contributed by atoms with Crippen LogP contribution in [0.1, 0.15) is 43.2 Å². The number of rotatable bonds is 7. The Hall–Kier alpha value is -1.56. The zero-order valence-corrected chi connectivity index (χ0v) is 12.1. The molecule has 1 rings (SSSR count). The molecule has 0 heterocycles. The summed E-state index contributed by atoms with van der Waals surface area (Å²) in [5.41, 5.74) is 4.91. The summed E-state index contributed by atoms with van der Waals surface area (Å²) in [5, 5.41) is 2.55. The minimum absolute atomic E-state index is 0.0430. The van der Waals surface area contributed by atoms with Gasteiger partial charge in [-0.05, 0) is 44.0 Å². The Bertz CT molecular complexity index is 472. The van der Waals surface area contributed by atoms with E-state index in [-0.39, 0.29) is 17.2 Å². The Balaban J connectivity index is 2.57. The molecule has 0 radical (unpaired) electrons. The van der Waals surface area contributed by atoms with E-state index in [1.54, 1.807) is 0 Å². The SMILES string of the molecule is Cc1c(NC(=O)CCCCCCN)cccc1C(F)(F)F. The topological polar surface area (TPSA) is 55.1 Å². The zero-order chi connectivity index (χ0) is 15.9. The van der Waals surface area contributed by atoms with E-state index in [9.17, 15) is 18.0 Å². The maximum absolute atomic E-state index is 12.8. The molecule has 0 spiro atoms. The fourth-order valence-electron chi connectivity index (χ4n) is 2.07.